The quantitative estimate of drug-likeness (QED) is 0.455. The third-order valence-corrected chi connectivity index (χ3v) is 6.47. The smallest absolute Gasteiger partial charge is 0.253 e. The molecule has 0 radical (unpaired) electrons. The van der Waals surface area contributed by atoms with E-state index in [1.165, 1.54) is 23.4 Å². The number of amides is 2. The van der Waals surface area contributed by atoms with Crippen molar-refractivity contribution in [1.82, 2.24) is 20.1 Å². The van der Waals surface area contributed by atoms with Crippen LogP contribution in [0.1, 0.15) is 40.3 Å². The summed E-state index contributed by atoms with van der Waals surface area (Å²) in [6.07, 6.45) is 0. The van der Waals surface area contributed by atoms with E-state index in [0.717, 1.165) is 11.3 Å². The van der Waals surface area contributed by atoms with Gasteiger partial charge in [-0.25, -0.2) is 0 Å². The Labute approximate surface area is 200 Å². The number of rotatable bonds is 7. The fourth-order valence-corrected chi connectivity index (χ4v) is 4.20. The number of aryl methyl sites for hydroxylation is 2. The van der Waals surface area contributed by atoms with Gasteiger partial charge in [0.25, 0.3) is 5.91 Å². The van der Waals surface area contributed by atoms with Crippen LogP contribution in [0, 0.1) is 13.8 Å². The molecule has 0 fully saturated rings. The van der Waals surface area contributed by atoms with Gasteiger partial charge in [0.2, 0.25) is 5.91 Å². The summed E-state index contributed by atoms with van der Waals surface area (Å²) in [6.45, 7) is 5.82. The summed E-state index contributed by atoms with van der Waals surface area (Å²) in [5.41, 5.74) is 3.37. The SMILES string of the molecule is Cc1ccc(NC(=O)CSc2nnc([C@@H](C)NC(=O)c3ccc(Cl)cc3Cl)n2C)cc1C. The lowest BCUT2D eigenvalue weighted by molar-refractivity contribution is -0.113. The van der Waals surface area contributed by atoms with Crippen molar-refractivity contribution >= 4 is 52.5 Å². The molecule has 0 aliphatic rings. The number of carbonyl (C=O) groups is 2. The number of thioether (sulfide) groups is 1. The topological polar surface area (TPSA) is 88.9 Å². The largest absolute Gasteiger partial charge is 0.342 e. The van der Waals surface area contributed by atoms with E-state index in [1.807, 2.05) is 32.0 Å². The number of carbonyl (C=O) groups excluding carboxylic acids is 2. The lowest BCUT2D eigenvalue weighted by Crippen LogP contribution is -2.28. The fourth-order valence-electron chi connectivity index (χ4n) is 2.99. The van der Waals surface area contributed by atoms with Crippen LogP contribution in [0.25, 0.3) is 0 Å². The van der Waals surface area contributed by atoms with Gasteiger partial charge in [0.15, 0.2) is 11.0 Å². The molecule has 0 saturated heterocycles. The Hall–Kier alpha value is -2.55. The van der Waals surface area contributed by atoms with Crippen LogP contribution in [0.3, 0.4) is 0 Å². The van der Waals surface area contributed by atoms with E-state index in [9.17, 15) is 9.59 Å². The zero-order valence-electron chi connectivity index (χ0n) is 18.1. The minimum absolute atomic E-state index is 0.137. The summed E-state index contributed by atoms with van der Waals surface area (Å²) < 4.78 is 1.75. The number of nitrogens with zero attached hydrogens (tertiary/aromatic N) is 3. The minimum Gasteiger partial charge on any atom is -0.342 e. The van der Waals surface area contributed by atoms with E-state index in [4.69, 9.17) is 23.2 Å². The van der Waals surface area contributed by atoms with E-state index in [0.29, 0.717) is 21.6 Å². The summed E-state index contributed by atoms with van der Waals surface area (Å²) >= 11 is 13.3. The number of aromatic nitrogens is 3. The fraction of sp³-hybridized carbons (Fsp3) is 0.273. The number of nitrogens with one attached hydrogen (secondary N) is 2. The average molecular weight is 492 g/mol. The molecule has 0 unspecified atom stereocenters. The summed E-state index contributed by atoms with van der Waals surface area (Å²) in [5.74, 6) is 0.256. The van der Waals surface area contributed by atoms with E-state index in [-0.39, 0.29) is 22.6 Å². The standard InChI is InChI=1S/C22H23Cl2N5O2S/c1-12-5-7-16(9-13(12)2)26-19(30)11-32-22-28-27-20(29(22)4)14(3)25-21(31)17-8-6-15(23)10-18(17)24/h5-10,14H,11H2,1-4H3,(H,25,31)(H,26,30)/t14-/m1/s1. The molecule has 0 aliphatic heterocycles. The van der Waals surface area contributed by atoms with Crippen LogP contribution in [-0.4, -0.2) is 32.3 Å². The van der Waals surface area contributed by atoms with Gasteiger partial charge in [-0.15, -0.1) is 10.2 Å². The Morgan fingerprint density at radius 1 is 1.09 bits per heavy atom. The molecule has 3 rings (SSSR count). The van der Waals surface area contributed by atoms with Crippen molar-refractivity contribution in [3.63, 3.8) is 0 Å². The van der Waals surface area contributed by atoms with Crippen LogP contribution in [-0.2, 0) is 11.8 Å². The maximum absolute atomic E-state index is 12.6. The first-order valence-electron chi connectivity index (χ1n) is 9.80. The Balaban J connectivity index is 1.59. The molecule has 168 valence electrons. The molecule has 0 saturated carbocycles. The first kappa shape index (κ1) is 24.1. The Morgan fingerprint density at radius 2 is 1.84 bits per heavy atom. The molecular formula is C22H23Cl2N5O2S. The van der Waals surface area contributed by atoms with Crippen molar-refractivity contribution in [2.45, 2.75) is 32.0 Å². The van der Waals surface area contributed by atoms with Gasteiger partial charge in [-0.1, -0.05) is 41.0 Å². The lowest BCUT2D eigenvalue weighted by atomic mass is 10.1. The molecule has 1 atom stereocenters. The maximum Gasteiger partial charge on any atom is 0.253 e. The summed E-state index contributed by atoms with van der Waals surface area (Å²) in [6, 6.07) is 10.1. The number of benzene rings is 2. The molecular weight excluding hydrogens is 469 g/mol. The first-order valence-corrected chi connectivity index (χ1v) is 11.5. The molecule has 1 aromatic heterocycles. The molecule has 0 aliphatic carbocycles. The van der Waals surface area contributed by atoms with Crippen molar-refractivity contribution in [1.29, 1.82) is 0 Å². The van der Waals surface area contributed by atoms with E-state index >= 15 is 0 Å². The van der Waals surface area contributed by atoms with Crippen LogP contribution in [0.5, 0.6) is 0 Å². The number of hydrogen-bond donors (Lipinski definition) is 2. The monoisotopic (exact) mass is 491 g/mol. The van der Waals surface area contributed by atoms with E-state index in [1.54, 1.807) is 30.7 Å². The molecule has 0 spiro atoms. The van der Waals surface area contributed by atoms with Crippen LogP contribution < -0.4 is 10.6 Å². The lowest BCUT2D eigenvalue weighted by Gasteiger charge is -2.14. The highest BCUT2D eigenvalue weighted by Gasteiger charge is 2.20. The molecule has 0 bridgehead atoms. The normalized spacial score (nSPS) is 11.8. The van der Waals surface area contributed by atoms with Gasteiger partial charge in [-0.3, -0.25) is 9.59 Å². The number of anilines is 1. The molecule has 2 aromatic carbocycles. The third kappa shape index (κ3) is 5.82. The van der Waals surface area contributed by atoms with Crippen LogP contribution in [0.15, 0.2) is 41.6 Å². The molecule has 10 heteroatoms. The minimum atomic E-state index is -0.426. The second-order valence-corrected chi connectivity index (χ2v) is 9.14. The van der Waals surface area contributed by atoms with Crippen LogP contribution in [0.2, 0.25) is 10.0 Å². The number of halogens is 2. The summed E-state index contributed by atoms with van der Waals surface area (Å²) in [5, 5.41) is 15.4. The molecule has 2 N–H and O–H groups in total. The Kier molecular flexibility index (Phi) is 7.82. The van der Waals surface area contributed by atoms with Gasteiger partial charge >= 0.3 is 0 Å². The van der Waals surface area contributed by atoms with Gasteiger partial charge in [0.1, 0.15) is 0 Å². The van der Waals surface area contributed by atoms with Crippen molar-refractivity contribution in [2.24, 2.45) is 7.05 Å². The van der Waals surface area contributed by atoms with Gasteiger partial charge < -0.3 is 15.2 Å². The van der Waals surface area contributed by atoms with Crippen molar-refractivity contribution < 1.29 is 9.59 Å². The van der Waals surface area contributed by atoms with Gasteiger partial charge in [0.05, 0.1) is 22.4 Å². The van der Waals surface area contributed by atoms with Crippen molar-refractivity contribution in [3.05, 3.63) is 69.0 Å². The van der Waals surface area contributed by atoms with Gasteiger partial charge in [-0.2, -0.15) is 0 Å². The van der Waals surface area contributed by atoms with Crippen LogP contribution in [0.4, 0.5) is 5.69 Å². The second kappa shape index (κ2) is 10.4. The second-order valence-electron chi connectivity index (χ2n) is 7.35. The zero-order valence-corrected chi connectivity index (χ0v) is 20.4. The Bertz CT molecular complexity index is 1170. The highest BCUT2D eigenvalue weighted by Crippen LogP contribution is 2.23. The third-order valence-electron chi connectivity index (χ3n) is 4.90. The highest BCUT2D eigenvalue weighted by atomic mass is 35.5. The molecule has 2 amide bonds. The summed E-state index contributed by atoms with van der Waals surface area (Å²) in [4.78, 5) is 24.9. The number of hydrogen-bond acceptors (Lipinski definition) is 5. The van der Waals surface area contributed by atoms with E-state index in [2.05, 4.69) is 20.8 Å². The first-order chi connectivity index (χ1) is 15.2. The van der Waals surface area contributed by atoms with Crippen molar-refractivity contribution in [3.8, 4) is 0 Å². The zero-order chi connectivity index (χ0) is 23.4. The predicted molar refractivity (Wildman–Crippen MR) is 129 cm³/mol. The van der Waals surface area contributed by atoms with E-state index < -0.39 is 6.04 Å². The summed E-state index contributed by atoms with van der Waals surface area (Å²) in [7, 11) is 1.79. The van der Waals surface area contributed by atoms with Crippen molar-refractivity contribution in [2.75, 3.05) is 11.1 Å². The predicted octanol–water partition coefficient (Wildman–Crippen LogP) is 4.96. The highest BCUT2D eigenvalue weighted by molar-refractivity contribution is 7.99. The molecule has 3 aromatic rings. The van der Waals surface area contributed by atoms with Gasteiger partial charge in [0, 0.05) is 17.8 Å². The molecule has 32 heavy (non-hydrogen) atoms. The van der Waals surface area contributed by atoms with Gasteiger partial charge in [-0.05, 0) is 62.2 Å². The van der Waals surface area contributed by atoms with Crippen LogP contribution >= 0.6 is 35.0 Å². The average Bonchev–Trinajstić information content (AvgIpc) is 3.09. The molecule has 1 heterocycles. The maximum atomic E-state index is 12.6. The molecule has 7 nitrogen and oxygen atoms in total. The Morgan fingerprint density at radius 3 is 2.53 bits per heavy atom.